The topological polar surface area (TPSA) is 55.4 Å². The Balaban J connectivity index is 1.98. The monoisotopic (exact) mass is 289 g/mol. The molecule has 21 heavy (non-hydrogen) atoms. The van der Waals surface area contributed by atoms with Gasteiger partial charge in [0, 0.05) is 18.0 Å². The maximum Gasteiger partial charge on any atom is 0.260 e. The summed E-state index contributed by atoms with van der Waals surface area (Å²) in [4.78, 5) is 23.7. The van der Waals surface area contributed by atoms with E-state index in [1.807, 2.05) is 6.07 Å². The van der Waals surface area contributed by atoms with Crippen molar-refractivity contribution in [3.63, 3.8) is 0 Å². The Bertz CT molecular complexity index is 535. The molecule has 1 aromatic rings. The molecule has 0 saturated carbocycles. The van der Waals surface area contributed by atoms with Crippen LogP contribution in [0.3, 0.4) is 0 Å². The molecule has 1 amide bonds. The maximum atomic E-state index is 12.1. The summed E-state index contributed by atoms with van der Waals surface area (Å²) in [6, 6.07) is 5.64. The highest BCUT2D eigenvalue weighted by molar-refractivity contribution is 6.00. The maximum absolute atomic E-state index is 12.1. The summed E-state index contributed by atoms with van der Waals surface area (Å²) in [6.07, 6.45) is 2.62. The van der Waals surface area contributed by atoms with Crippen molar-refractivity contribution in [3.05, 3.63) is 29.3 Å². The van der Waals surface area contributed by atoms with Gasteiger partial charge in [-0.2, -0.15) is 0 Å². The van der Waals surface area contributed by atoms with Crippen LogP contribution in [0.5, 0.6) is 5.75 Å². The second-order valence-electron chi connectivity index (χ2n) is 5.52. The number of ketones is 1. The van der Waals surface area contributed by atoms with Crippen LogP contribution in [0.2, 0.25) is 0 Å². The van der Waals surface area contributed by atoms with Crippen molar-refractivity contribution in [1.29, 1.82) is 0 Å². The first kappa shape index (κ1) is 15.5. The van der Waals surface area contributed by atoms with E-state index in [1.54, 1.807) is 19.1 Å². The molecule has 1 aromatic carbocycles. The molecule has 0 fully saturated rings. The largest absolute Gasteiger partial charge is 0.481 e. The van der Waals surface area contributed by atoms with Gasteiger partial charge in [-0.05, 0) is 49.9 Å². The molecule has 1 N–H and O–H groups in total. The number of hydrogen-bond donors (Lipinski definition) is 1. The molecule has 1 aliphatic rings. The minimum Gasteiger partial charge on any atom is -0.481 e. The molecule has 114 valence electrons. The lowest BCUT2D eigenvalue weighted by Gasteiger charge is -2.19. The molecule has 4 nitrogen and oxygen atoms in total. The van der Waals surface area contributed by atoms with Gasteiger partial charge in [0.15, 0.2) is 11.9 Å². The third-order valence-electron chi connectivity index (χ3n) is 4.01. The molecular weight excluding hydrogens is 266 g/mol. The number of Topliss-reactive ketones (excluding diaryl/α,β-unsaturated/α-hetero) is 1. The van der Waals surface area contributed by atoms with Crippen molar-refractivity contribution < 1.29 is 14.3 Å². The van der Waals surface area contributed by atoms with Crippen LogP contribution in [0.25, 0.3) is 0 Å². The summed E-state index contributed by atoms with van der Waals surface area (Å²) >= 11 is 0. The second kappa shape index (κ2) is 6.74. The fourth-order valence-electron chi connectivity index (χ4n) is 2.57. The van der Waals surface area contributed by atoms with E-state index >= 15 is 0 Å². The number of benzene rings is 1. The standard InChI is InChI=1S/C17H23NO3/c1-4-13(5-2)18-17(20)11(3)21-14-7-8-15-12(10-14)6-9-16(15)19/h7-8,10-11,13H,4-6,9H2,1-3H3,(H,18,20). The number of nitrogens with one attached hydrogen (secondary N) is 1. The van der Waals surface area contributed by atoms with E-state index in [-0.39, 0.29) is 17.7 Å². The average Bonchev–Trinajstić information content (AvgIpc) is 2.85. The molecule has 4 heteroatoms. The molecule has 0 aliphatic heterocycles. The number of fused-ring (bicyclic) bond motifs is 1. The highest BCUT2D eigenvalue weighted by Crippen LogP contribution is 2.26. The van der Waals surface area contributed by atoms with Crippen molar-refractivity contribution in [2.75, 3.05) is 0 Å². The number of aryl methyl sites for hydroxylation is 1. The molecule has 1 atom stereocenters. The van der Waals surface area contributed by atoms with Crippen LogP contribution in [-0.2, 0) is 11.2 Å². The molecular formula is C17H23NO3. The fourth-order valence-corrected chi connectivity index (χ4v) is 2.57. The van der Waals surface area contributed by atoms with Gasteiger partial charge < -0.3 is 10.1 Å². The Morgan fingerprint density at radius 2 is 2.00 bits per heavy atom. The normalized spacial score (nSPS) is 15.0. The van der Waals surface area contributed by atoms with Crippen LogP contribution < -0.4 is 10.1 Å². The van der Waals surface area contributed by atoms with E-state index in [0.717, 1.165) is 30.4 Å². The third-order valence-corrected chi connectivity index (χ3v) is 4.01. The molecule has 1 unspecified atom stereocenters. The van der Waals surface area contributed by atoms with E-state index in [9.17, 15) is 9.59 Å². The molecule has 1 aliphatic carbocycles. The van der Waals surface area contributed by atoms with Gasteiger partial charge in [0.25, 0.3) is 5.91 Å². The van der Waals surface area contributed by atoms with Gasteiger partial charge in [-0.3, -0.25) is 9.59 Å². The summed E-state index contributed by atoms with van der Waals surface area (Å²) in [5.41, 5.74) is 1.81. The predicted octanol–water partition coefficient (Wildman–Crippen LogP) is 2.89. The number of carbonyl (C=O) groups excluding carboxylic acids is 2. The Kier molecular flexibility index (Phi) is 4.99. The zero-order chi connectivity index (χ0) is 15.4. The van der Waals surface area contributed by atoms with Crippen LogP contribution in [0, 0.1) is 0 Å². The lowest BCUT2D eigenvalue weighted by atomic mass is 10.1. The number of rotatable bonds is 6. The van der Waals surface area contributed by atoms with Crippen molar-refractivity contribution >= 4 is 11.7 Å². The quantitative estimate of drug-likeness (QED) is 0.876. The lowest BCUT2D eigenvalue weighted by Crippen LogP contribution is -2.42. The third kappa shape index (κ3) is 3.63. The van der Waals surface area contributed by atoms with Crippen molar-refractivity contribution in [1.82, 2.24) is 5.32 Å². The van der Waals surface area contributed by atoms with Gasteiger partial charge in [0.1, 0.15) is 5.75 Å². The first-order valence-electron chi connectivity index (χ1n) is 7.68. The molecule has 0 bridgehead atoms. The summed E-state index contributed by atoms with van der Waals surface area (Å²) < 4.78 is 5.70. The molecule has 0 radical (unpaired) electrons. The zero-order valence-electron chi connectivity index (χ0n) is 12.9. The first-order chi connectivity index (χ1) is 10.0. The van der Waals surface area contributed by atoms with Gasteiger partial charge in [-0.25, -0.2) is 0 Å². The number of carbonyl (C=O) groups is 2. The van der Waals surface area contributed by atoms with Crippen LogP contribution in [0.1, 0.15) is 56.0 Å². The Morgan fingerprint density at radius 1 is 1.29 bits per heavy atom. The van der Waals surface area contributed by atoms with Gasteiger partial charge >= 0.3 is 0 Å². The number of hydrogen-bond acceptors (Lipinski definition) is 3. The highest BCUT2D eigenvalue weighted by atomic mass is 16.5. The van der Waals surface area contributed by atoms with Crippen molar-refractivity contribution in [2.45, 2.75) is 58.6 Å². The smallest absolute Gasteiger partial charge is 0.260 e. The van der Waals surface area contributed by atoms with E-state index in [0.29, 0.717) is 12.2 Å². The number of ether oxygens (including phenoxy) is 1. The molecule has 0 aromatic heterocycles. The second-order valence-corrected chi connectivity index (χ2v) is 5.52. The van der Waals surface area contributed by atoms with Gasteiger partial charge in [0.2, 0.25) is 0 Å². The van der Waals surface area contributed by atoms with Crippen molar-refractivity contribution in [2.24, 2.45) is 0 Å². The highest BCUT2D eigenvalue weighted by Gasteiger charge is 2.21. The van der Waals surface area contributed by atoms with Crippen LogP contribution >= 0.6 is 0 Å². The summed E-state index contributed by atoms with van der Waals surface area (Å²) in [5.74, 6) is 0.743. The Hall–Kier alpha value is -1.84. The Labute approximate surface area is 125 Å². The predicted molar refractivity (Wildman–Crippen MR) is 81.7 cm³/mol. The Morgan fingerprint density at radius 3 is 2.67 bits per heavy atom. The first-order valence-corrected chi connectivity index (χ1v) is 7.68. The summed E-state index contributed by atoms with van der Waals surface area (Å²) in [7, 11) is 0. The van der Waals surface area contributed by atoms with E-state index in [1.165, 1.54) is 0 Å². The molecule has 0 saturated heterocycles. The SMILES string of the molecule is CCC(CC)NC(=O)C(C)Oc1ccc2c(c1)CCC2=O. The van der Waals surface area contributed by atoms with E-state index < -0.39 is 6.10 Å². The lowest BCUT2D eigenvalue weighted by molar-refractivity contribution is -0.128. The molecule has 0 spiro atoms. The number of amides is 1. The van der Waals surface area contributed by atoms with Crippen LogP contribution in [0.4, 0.5) is 0 Å². The van der Waals surface area contributed by atoms with E-state index in [4.69, 9.17) is 4.74 Å². The average molecular weight is 289 g/mol. The van der Waals surface area contributed by atoms with Gasteiger partial charge in [-0.1, -0.05) is 13.8 Å². The summed E-state index contributed by atoms with van der Waals surface area (Å²) in [5, 5.41) is 2.98. The van der Waals surface area contributed by atoms with Crippen LogP contribution in [-0.4, -0.2) is 23.8 Å². The fraction of sp³-hybridized carbons (Fsp3) is 0.529. The van der Waals surface area contributed by atoms with Gasteiger partial charge in [-0.15, -0.1) is 0 Å². The minimum absolute atomic E-state index is 0.0970. The zero-order valence-corrected chi connectivity index (χ0v) is 12.9. The molecule has 0 heterocycles. The molecule has 2 rings (SSSR count). The minimum atomic E-state index is -0.541. The van der Waals surface area contributed by atoms with Gasteiger partial charge in [0.05, 0.1) is 0 Å². The van der Waals surface area contributed by atoms with Crippen molar-refractivity contribution in [3.8, 4) is 5.75 Å². The summed E-state index contributed by atoms with van der Waals surface area (Å²) in [6.45, 7) is 5.85. The van der Waals surface area contributed by atoms with Crippen LogP contribution in [0.15, 0.2) is 18.2 Å². The van der Waals surface area contributed by atoms with E-state index in [2.05, 4.69) is 19.2 Å².